The summed E-state index contributed by atoms with van der Waals surface area (Å²) in [7, 11) is 0. The van der Waals surface area contributed by atoms with E-state index >= 15 is 0 Å². The van der Waals surface area contributed by atoms with Crippen LogP contribution in [0, 0.1) is 0 Å². The van der Waals surface area contributed by atoms with Crippen LogP contribution in [0.15, 0.2) is 48.5 Å². The van der Waals surface area contributed by atoms with Crippen LogP contribution in [0.25, 0.3) is 11.1 Å². The van der Waals surface area contributed by atoms with Crippen molar-refractivity contribution in [3.8, 4) is 11.1 Å². The zero-order valence-electron chi connectivity index (χ0n) is 20.6. The van der Waals surface area contributed by atoms with Gasteiger partial charge in [0.2, 0.25) is 0 Å². The quantitative estimate of drug-likeness (QED) is 0.214. The monoisotopic (exact) mass is 420 g/mol. The van der Waals surface area contributed by atoms with E-state index in [0.717, 1.165) is 6.42 Å². The molecule has 2 aromatic rings. The lowest BCUT2D eigenvalue weighted by molar-refractivity contribution is 0.531. The highest BCUT2D eigenvalue weighted by molar-refractivity contribution is 5.76. The standard InChI is InChI=1S/C18H38.C13H10/c1-3-5-7-9-11-13-15-17-18-16-14-12-10-8-6-4-2;1-3-7-12-10(5-1)9-11-6-2-4-8-13(11)12/h3-18H2,1-2H3;1-8H,9H2. The summed E-state index contributed by atoms with van der Waals surface area (Å²) in [5.74, 6) is 0. The van der Waals surface area contributed by atoms with Gasteiger partial charge in [-0.15, -0.1) is 0 Å². The summed E-state index contributed by atoms with van der Waals surface area (Å²) in [5.41, 5.74) is 5.75. The van der Waals surface area contributed by atoms with Crippen LogP contribution in [-0.4, -0.2) is 0 Å². The average molecular weight is 421 g/mol. The van der Waals surface area contributed by atoms with Crippen molar-refractivity contribution in [1.82, 2.24) is 0 Å². The zero-order valence-corrected chi connectivity index (χ0v) is 20.6. The largest absolute Gasteiger partial charge is 0.0654 e. The molecule has 0 bridgehead atoms. The molecule has 0 heterocycles. The van der Waals surface area contributed by atoms with Crippen LogP contribution in [0.2, 0.25) is 0 Å². The van der Waals surface area contributed by atoms with Crippen LogP contribution in [0.1, 0.15) is 128 Å². The van der Waals surface area contributed by atoms with Crippen molar-refractivity contribution >= 4 is 0 Å². The first kappa shape index (κ1) is 25.7. The summed E-state index contributed by atoms with van der Waals surface area (Å²) < 4.78 is 0. The molecular formula is C31H48. The Balaban J connectivity index is 0.000000228. The summed E-state index contributed by atoms with van der Waals surface area (Å²) in [6, 6.07) is 17.3. The molecular weight excluding hydrogens is 372 g/mol. The van der Waals surface area contributed by atoms with Gasteiger partial charge in [-0.05, 0) is 28.7 Å². The minimum atomic E-state index is 1.10. The van der Waals surface area contributed by atoms with Gasteiger partial charge in [-0.25, -0.2) is 0 Å². The van der Waals surface area contributed by atoms with Crippen molar-refractivity contribution in [2.24, 2.45) is 0 Å². The zero-order chi connectivity index (χ0) is 22.0. The van der Waals surface area contributed by atoms with Gasteiger partial charge < -0.3 is 0 Å². The van der Waals surface area contributed by atoms with Crippen LogP contribution in [0.4, 0.5) is 0 Å². The van der Waals surface area contributed by atoms with E-state index < -0.39 is 0 Å². The third-order valence-corrected chi connectivity index (χ3v) is 6.66. The predicted octanol–water partition coefficient (Wildman–Crippen LogP) is 10.5. The molecule has 0 aromatic heterocycles. The molecule has 2 aromatic carbocycles. The molecule has 172 valence electrons. The van der Waals surface area contributed by atoms with Crippen LogP contribution < -0.4 is 0 Å². The molecule has 0 unspecified atom stereocenters. The van der Waals surface area contributed by atoms with Gasteiger partial charge in [-0.2, -0.15) is 0 Å². The number of unbranched alkanes of at least 4 members (excludes halogenated alkanes) is 15. The van der Waals surface area contributed by atoms with Crippen molar-refractivity contribution in [1.29, 1.82) is 0 Å². The second kappa shape index (κ2) is 17.0. The lowest BCUT2D eigenvalue weighted by Gasteiger charge is -2.03. The topological polar surface area (TPSA) is 0 Å². The van der Waals surface area contributed by atoms with Gasteiger partial charge in [0.1, 0.15) is 0 Å². The molecule has 0 saturated heterocycles. The van der Waals surface area contributed by atoms with Gasteiger partial charge >= 0.3 is 0 Å². The van der Waals surface area contributed by atoms with Gasteiger partial charge in [-0.1, -0.05) is 165 Å². The third-order valence-electron chi connectivity index (χ3n) is 6.66. The highest BCUT2D eigenvalue weighted by Gasteiger charge is 2.15. The SMILES string of the molecule is CCCCCCCCCCCCCCCCCC.c1ccc2c(c1)Cc1ccccc1-2. The van der Waals surface area contributed by atoms with Crippen LogP contribution in [0.5, 0.6) is 0 Å². The molecule has 0 fully saturated rings. The van der Waals surface area contributed by atoms with Gasteiger partial charge in [0, 0.05) is 0 Å². The molecule has 0 nitrogen and oxygen atoms in total. The maximum Gasteiger partial charge on any atom is -0.00135 e. The first-order valence-corrected chi connectivity index (χ1v) is 13.5. The van der Waals surface area contributed by atoms with E-state index in [2.05, 4.69) is 62.4 Å². The van der Waals surface area contributed by atoms with Crippen molar-refractivity contribution in [3.05, 3.63) is 59.7 Å². The van der Waals surface area contributed by atoms with E-state index in [1.165, 1.54) is 125 Å². The normalized spacial score (nSPS) is 11.5. The summed E-state index contributed by atoms with van der Waals surface area (Å²) in [6.45, 7) is 4.59. The first-order valence-electron chi connectivity index (χ1n) is 13.5. The Morgan fingerprint density at radius 2 is 0.710 bits per heavy atom. The third kappa shape index (κ3) is 10.5. The number of hydrogen-bond acceptors (Lipinski definition) is 0. The molecule has 0 spiro atoms. The Kier molecular flexibility index (Phi) is 14.1. The molecule has 0 atom stereocenters. The molecule has 0 N–H and O–H groups in total. The maximum atomic E-state index is 2.29. The molecule has 1 aliphatic carbocycles. The summed E-state index contributed by atoms with van der Waals surface area (Å²) >= 11 is 0. The van der Waals surface area contributed by atoms with Crippen molar-refractivity contribution < 1.29 is 0 Å². The first-order chi connectivity index (χ1) is 15.4. The molecule has 0 aliphatic heterocycles. The molecule has 1 aliphatic rings. The molecule has 0 saturated carbocycles. The Hall–Kier alpha value is -1.56. The van der Waals surface area contributed by atoms with Crippen molar-refractivity contribution in [3.63, 3.8) is 0 Å². The fraction of sp³-hybridized carbons (Fsp3) is 0.613. The predicted molar refractivity (Wildman–Crippen MR) is 140 cm³/mol. The highest BCUT2D eigenvalue weighted by atomic mass is 14.2. The fourth-order valence-corrected chi connectivity index (χ4v) is 4.70. The van der Waals surface area contributed by atoms with Crippen molar-refractivity contribution in [2.45, 2.75) is 123 Å². The Morgan fingerprint density at radius 3 is 1.03 bits per heavy atom. The number of benzene rings is 2. The van der Waals surface area contributed by atoms with Gasteiger partial charge in [0.15, 0.2) is 0 Å². The Labute approximate surface area is 193 Å². The number of hydrogen-bond donors (Lipinski definition) is 0. The molecule has 31 heavy (non-hydrogen) atoms. The van der Waals surface area contributed by atoms with Gasteiger partial charge in [-0.3, -0.25) is 0 Å². The number of rotatable bonds is 15. The molecule has 0 radical (unpaired) electrons. The van der Waals surface area contributed by atoms with E-state index in [9.17, 15) is 0 Å². The lowest BCUT2D eigenvalue weighted by atomic mass is 10.0. The highest BCUT2D eigenvalue weighted by Crippen LogP contribution is 2.35. The molecule has 0 heteroatoms. The Bertz CT molecular complexity index is 624. The smallest absolute Gasteiger partial charge is 0.00135 e. The van der Waals surface area contributed by atoms with E-state index in [1.807, 2.05) is 0 Å². The molecule has 3 rings (SSSR count). The number of fused-ring (bicyclic) bond motifs is 3. The van der Waals surface area contributed by atoms with E-state index in [0.29, 0.717) is 0 Å². The summed E-state index contributed by atoms with van der Waals surface area (Å²) in [5, 5.41) is 0. The Morgan fingerprint density at radius 1 is 0.419 bits per heavy atom. The summed E-state index contributed by atoms with van der Waals surface area (Å²) in [6.07, 6.45) is 24.5. The van der Waals surface area contributed by atoms with Gasteiger partial charge in [0.05, 0.1) is 0 Å². The van der Waals surface area contributed by atoms with Crippen molar-refractivity contribution in [2.75, 3.05) is 0 Å². The van der Waals surface area contributed by atoms with Crippen LogP contribution in [-0.2, 0) is 6.42 Å². The minimum Gasteiger partial charge on any atom is -0.0654 e. The van der Waals surface area contributed by atoms with Crippen LogP contribution >= 0.6 is 0 Å². The minimum absolute atomic E-state index is 1.10. The lowest BCUT2D eigenvalue weighted by Crippen LogP contribution is -1.83. The van der Waals surface area contributed by atoms with Crippen LogP contribution in [0.3, 0.4) is 0 Å². The molecule has 0 amide bonds. The fourth-order valence-electron chi connectivity index (χ4n) is 4.70. The maximum absolute atomic E-state index is 2.29. The second-order valence-corrected chi connectivity index (χ2v) is 9.44. The average Bonchev–Trinajstić information content (AvgIpc) is 3.18. The van der Waals surface area contributed by atoms with E-state index in [4.69, 9.17) is 0 Å². The summed E-state index contributed by atoms with van der Waals surface area (Å²) in [4.78, 5) is 0. The second-order valence-electron chi connectivity index (χ2n) is 9.44. The van der Waals surface area contributed by atoms with E-state index in [1.54, 1.807) is 0 Å². The van der Waals surface area contributed by atoms with E-state index in [-0.39, 0.29) is 0 Å². The van der Waals surface area contributed by atoms with Gasteiger partial charge in [0.25, 0.3) is 0 Å².